The Labute approximate surface area is 172 Å². The third-order valence-corrected chi connectivity index (χ3v) is 5.67. The van der Waals surface area contributed by atoms with E-state index in [-0.39, 0.29) is 10.7 Å². The Morgan fingerprint density at radius 1 is 1.21 bits per heavy atom. The summed E-state index contributed by atoms with van der Waals surface area (Å²) < 4.78 is 46.3. The van der Waals surface area contributed by atoms with E-state index in [1.807, 2.05) is 6.92 Å². The molecule has 1 aliphatic rings. The van der Waals surface area contributed by atoms with Gasteiger partial charge in [0.05, 0.1) is 23.4 Å². The van der Waals surface area contributed by atoms with Crippen LogP contribution in [0.25, 0.3) is 11.3 Å². The summed E-state index contributed by atoms with van der Waals surface area (Å²) in [5, 5.41) is 9.53. The molecule has 154 valence electrons. The van der Waals surface area contributed by atoms with Gasteiger partial charge >= 0.3 is 6.18 Å². The lowest BCUT2D eigenvalue weighted by Gasteiger charge is -2.16. The summed E-state index contributed by atoms with van der Waals surface area (Å²) in [6, 6.07) is 9.43. The summed E-state index contributed by atoms with van der Waals surface area (Å²) in [4.78, 5) is 6.69. The van der Waals surface area contributed by atoms with Gasteiger partial charge in [0.1, 0.15) is 16.8 Å². The maximum absolute atomic E-state index is 13.6. The van der Waals surface area contributed by atoms with Gasteiger partial charge in [-0.05, 0) is 63.2 Å². The Morgan fingerprint density at radius 2 is 1.90 bits per heavy atom. The molecule has 0 atom stereocenters. The molecule has 0 radical (unpaired) electrons. The van der Waals surface area contributed by atoms with E-state index in [2.05, 4.69) is 9.88 Å². The van der Waals surface area contributed by atoms with Gasteiger partial charge in [-0.2, -0.15) is 18.4 Å². The van der Waals surface area contributed by atoms with Crippen molar-refractivity contribution in [3.63, 3.8) is 0 Å². The van der Waals surface area contributed by atoms with E-state index in [4.69, 9.17) is 4.74 Å². The Morgan fingerprint density at radius 3 is 2.48 bits per heavy atom. The summed E-state index contributed by atoms with van der Waals surface area (Å²) in [5.41, 5.74) is -0.603. The Hall–Kier alpha value is -2.24. The Balaban J connectivity index is 1.92. The van der Waals surface area contributed by atoms with Crippen molar-refractivity contribution in [2.24, 2.45) is 0 Å². The SMILES string of the molecule is CCOc1ccc(-c2cc(C(F)(F)F)c(C#N)c(SCCN3CCCC3)n2)cc1. The zero-order valence-electron chi connectivity index (χ0n) is 16.1. The minimum Gasteiger partial charge on any atom is -0.494 e. The average Bonchev–Trinajstić information content (AvgIpc) is 3.21. The van der Waals surface area contributed by atoms with Gasteiger partial charge in [0, 0.05) is 17.9 Å². The smallest absolute Gasteiger partial charge is 0.417 e. The number of halogens is 3. The van der Waals surface area contributed by atoms with Crippen LogP contribution in [0.3, 0.4) is 0 Å². The van der Waals surface area contributed by atoms with Gasteiger partial charge in [-0.1, -0.05) is 0 Å². The molecule has 29 heavy (non-hydrogen) atoms. The van der Waals surface area contributed by atoms with Crippen LogP contribution in [0.15, 0.2) is 35.4 Å². The molecule has 0 saturated carbocycles. The van der Waals surface area contributed by atoms with Crippen molar-refractivity contribution < 1.29 is 17.9 Å². The Kier molecular flexibility index (Phi) is 7.04. The highest BCUT2D eigenvalue weighted by Gasteiger charge is 2.36. The van der Waals surface area contributed by atoms with E-state index in [1.54, 1.807) is 30.3 Å². The van der Waals surface area contributed by atoms with Crippen molar-refractivity contribution in [2.75, 3.05) is 32.0 Å². The van der Waals surface area contributed by atoms with Gasteiger partial charge in [-0.15, -0.1) is 11.8 Å². The summed E-state index contributed by atoms with van der Waals surface area (Å²) in [5.74, 6) is 1.23. The van der Waals surface area contributed by atoms with Crippen LogP contribution in [0.2, 0.25) is 0 Å². The number of nitriles is 1. The van der Waals surface area contributed by atoms with Crippen LogP contribution < -0.4 is 4.74 Å². The standard InChI is InChI=1S/C21H22F3N3OS/c1-2-28-16-7-5-15(6-8-16)19-13-18(21(22,23)24)17(14-25)20(26-19)29-12-11-27-9-3-4-10-27/h5-8,13H,2-4,9-12H2,1H3. The lowest BCUT2D eigenvalue weighted by atomic mass is 10.1. The van der Waals surface area contributed by atoms with E-state index < -0.39 is 17.3 Å². The van der Waals surface area contributed by atoms with Gasteiger partial charge < -0.3 is 9.64 Å². The zero-order chi connectivity index (χ0) is 20.9. The molecule has 0 aliphatic carbocycles. The third-order valence-electron chi connectivity index (χ3n) is 4.71. The van der Waals surface area contributed by atoms with Crippen molar-refractivity contribution in [1.82, 2.24) is 9.88 Å². The molecule has 2 aromatic rings. The monoisotopic (exact) mass is 421 g/mol. The van der Waals surface area contributed by atoms with Crippen LogP contribution in [0.5, 0.6) is 5.75 Å². The van der Waals surface area contributed by atoms with Crippen molar-refractivity contribution in [1.29, 1.82) is 5.26 Å². The van der Waals surface area contributed by atoms with Crippen LogP contribution >= 0.6 is 11.8 Å². The molecular formula is C21H22F3N3OS. The van der Waals surface area contributed by atoms with Crippen LogP contribution in [0.4, 0.5) is 13.2 Å². The third kappa shape index (κ3) is 5.43. The number of rotatable bonds is 7. The largest absolute Gasteiger partial charge is 0.494 e. The molecule has 4 nitrogen and oxygen atoms in total. The van der Waals surface area contributed by atoms with E-state index >= 15 is 0 Å². The second-order valence-electron chi connectivity index (χ2n) is 6.70. The number of alkyl halides is 3. The number of hydrogen-bond donors (Lipinski definition) is 0. The average molecular weight is 421 g/mol. The first-order valence-electron chi connectivity index (χ1n) is 9.53. The van der Waals surface area contributed by atoms with Crippen LogP contribution in [0, 0.1) is 11.3 Å². The predicted octanol–water partition coefficient (Wildman–Crippen LogP) is 5.23. The number of likely N-dealkylation sites (tertiary alicyclic amines) is 1. The molecule has 8 heteroatoms. The van der Waals surface area contributed by atoms with Crippen molar-refractivity contribution in [3.8, 4) is 23.1 Å². The number of ether oxygens (including phenoxy) is 1. The van der Waals surface area contributed by atoms with Gasteiger partial charge in [0.15, 0.2) is 0 Å². The fourth-order valence-corrected chi connectivity index (χ4v) is 4.28. The van der Waals surface area contributed by atoms with E-state index in [9.17, 15) is 18.4 Å². The predicted molar refractivity (Wildman–Crippen MR) is 107 cm³/mol. The van der Waals surface area contributed by atoms with Crippen LogP contribution in [0.1, 0.15) is 30.9 Å². The first kappa shape index (κ1) is 21.5. The minimum atomic E-state index is -4.63. The number of nitrogens with zero attached hydrogens (tertiary/aromatic N) is 3. The second-order valence-corrected chi connectivity index (χ2v) is 7.78. The molecule has 1 aromatic carbocycles. The first-order chi connectivity index (χ1) is 13.9. The normalized spacial score (nSPS) is 14.7. The summed E-state index contributed by atoms with van der Waals surface area (Å²) in [6.45, 7) is 5.16. The number of hydrogen-bond acceptors (Lipinski definition) is 5. The lowest BCUT2D eigenvalue weighted by molar-refractivity contribution is -0.138. The zero-order valence-corrected chi connectivity index (χ0v) is 16.9. The molecule has 1 aromatic heterocycles. The fraction of sp³-hybridized carbons (Fsp3) is 0.429. The molecule has 0 N–H and O–H groups in total. The molecular weight excluding hydrogens is 399 g/mol. The van der Waals surface area contributed by atoms with E-state index in [0.29, 0.717) is 23.7 Å². The lowest BCUT2D eigenvalue weighted by Crippen LogP contribution is -2.22. The molecule has 2 heterocycles. The highest BCUT2D eigenvalue weighted by molar-refractivity contribution is 7.99. The van der Waals surface area contributed by atoms with Gasteiger partial charge in [-0.25, -0.2) is 4.98 Å². The summed E-state index contributed by atoms with van der Waals surface area (Å²) in [6.07, 6.45) is -2.33. The molecule has 1 fully saturated rings. The van der Waals surface area contributed by atoms with Crippen LogP contribution in [-0.4, -0.2) is 41.9 Å². The topological polar surface area (TPSA) is 49.1 Å². The number of aromatic nitrogens is 1. The Bertz CT molecular complexity index is 872. The molecule has 0 spiro atoms. The van der Waals surface area contributed by atoms with Crippen molar-refractivity contribution in [3.05, 3.63) is 41.5 Å². The van der Waals surface area contributed by atoms with Gasteiger partial charge in [-0.3, -0.25) is 0 Å². The molecule has 3 rings (SSSR count). The molecule has 1 aliphatic heterocycles. The van der Waals surface area contributed by atoms with Crippen LogP contribution in [-0.2, 0) is 6.18 Å². The summed E-state index contributed by atoms with van der Waals surface area (Å²) in [7, 11) is 0. The first-order valence-corrected chi connectivity index (χ1v) is 10.5. The molecule has 0 unspecified atom stereocenters. The maximum atomic E-state index is 13.6. The highest BCUT2D eigenvalue weighted by atomic mass is 32.2. The molecule has 1 saturated heterocycles. The molecule has 0 bridgehead atoms. The number of thioether (sulfide) groups is 1. The quantitative estimate of drug-likeness (QED) is 0.573. The maximum Gasteiger partial charge on any atom is 0.417 e. The molecule has 0 amide bonds. The number of benzene rings is 1. The van der Waals surface area contributed by atoms with E-state index in [0.717, 1.165) is 38.5 Å². The summed E-state index contributed by atoms with van der Waals surface area (Å²) >= 11 is 1.21. The number of pyridine rings is 1. The van der Waals surface area contributed by atoms with Crippen molar-refractivity contribution >= 4 is 11.8 Å². The fourth-order valence-electron chi connectivity index (χ4n) is 3.27. The van der Waals surface area contributed by atoms with Gasteiger partial charge in [0.2, 0.25) is 0 Å². The van der Waals surface area contributed by atoms with Crippen molar-refractivity contribution in [2.45, 2.75) is 31.0 Å². The van der Waals surface area contributed by atoms with Gasteiger partial charge in [0.25, 0.3) is 0 Å². The highest BCUT2D eigenvalue weighted by Crippen LogP contribution is 2.38. The minimum absolute atomic E-state index is 0.130. The van der Waals surface area contributed by atoms with E-state index in [1.165, 1.54) is 11.8 Å². The second kappa shape index (κ2) is 9.51.